The quantitative estimate of drug-likeness (QED) is 0.275. The van der Waals surface area contributed by atoms with Crippen LogP contribution in [0.1, 0.15) is 66.2 Å². The van der Waals surface area contributed by atoms with Gasteiger partial charge >= 0.3 is 0 Å². The Morgan fingerprint density at radius 2 is 1.73 bits per heavy atom. The van der Waals surface area contributed by atoms with Crippen molar-refractivity contribution in [1.29, 1.82) is 0 Å². The third kappa shape index (κ3) is 9.90. The lowest BCUT2D eigenvalue weighted by Crippen LogP contribution is -2.40. The van der Waals surface area contributed by atoms with Gasteiger partial charge in [0.15, 0.2) is 0 Å². The second-order valence-corrected chi connectivity index (χ2v) is 10.4. The van der Waals surface area contributed by atoms with Gasteiger partial charge in [-0.3, -0.25) is 14.2 Å². The van der Waals surface area contributed by atoms with Gasteiger partial charge in [0.05, 0.1) is 0 Å². The first-order chi connectivity index (χ1) is 14.3. The minimum Gasteiger partial charge on any atom is -0.441 e. The third-order valence-corrected chi connectivity index (χ3v) is 7.90. The highest BCUT2D eigenvalue weighted by atomic mass is 31.2. The van der Waals surface area contributed by atoms with Gasteiger partial charge < -0.3 is 14.6 Å². The summed E-state index contributed by atoms with van der Waals surface area (Å²) in [4.78, 5) is 24.6. The molecule has 170 valence electrons. The molecular formula is C23H38NO5P. The van der Waals surface area contributed by atoms with Gasteiger partial charge in [0, 0.05) is 38.6 Å². The van der Waals surface area contributed by atoms with Crippen LogP contribution in [0.5, 0.6) is 5.75 Å². The molecule has 2 atom stereocenters. The average Bonchev–Trinajstić information content (AvgIpc) is 2.71. The Morgan fingerprint density at radius 1 is 1.03 bits per heavy atom. The topological polar surface area (TPSA) is 81.7 Å². The van der Waals surface area contributed by atoms with Crippen molar-refractivity contribution in [2.45, 2.75) is 72.0 Å². The molecule has 30 heavy (non-hydrogen) atoms. The van der Waals surface area contributed by atoms with Gasteiger partial charge in [0.25, 0.3) is 7.37 Å². The molecule has 0 aliphatic carbocycles. The Kier molecular flexibility index (Phi) is 12.6. The molecule has 0 aliphatic rings. The van der Waals surface area contributed by atoms with Crippen LogP contribution in [0.2, 0.25) is 0 Å². The Balaban J connectivity index is 2.64. The Morgan fingerprint density at radius 3 is 2.33 bits per heavy atom. The molecule has 1 aromatic carbocycles. The SMILES string of the molecule is CCC[P@@](=O)(Oc1ccccc1)[C@@H](NC(=O)CCC(=O)CCCCOCC)C(C)C. The molecule has 0 saturated heterocycles. The zero-order chi connectivity index (χ0) is 22.4. The molecule has 7 heteroatoms. The zero-order valence-corrected chi connectivity index (χ0v) is 19.8. The van der Waals surface area contributed by atoms with Crippen molar-refractivity contribution < 1.29 is 23.4 Å². The number of hydrogen-bond donors (Lipinski definition) is 1. The van der Waals surface area contributed by atoms with Gasteiger partial charge in [-0.2, -0.15) is 0 Å². The van der Waals surface area contributed by atoms with Crippen LogP contribution < -0.4 is 9.84 Å². The molecular weight excluding hydrogens is 401 g/mol. The average molecular weight is 440 g/mol. The van der Waals surface area contributed by atoms with E-state index in [1.54, 1.807) is 12.1 Å². The number of carbonyl (C=O) groups excluding carboxylic acids is 2. The lowest BCUT2D eigenvalue weighted by atomic mass is 10.1. The fourth-order valence-electron chi connectivity index (χ4n) is 3.22. The van der Waals surface area contributed by atoms with E-state index >= 15 is 0 Å². The van der Waals surface area contributed by atoms with E-state index in [0.717, 1.165) is 12.8 Å². The first kappa shape index (κ1) is 26.4. The van der Waals surface area contributed by atoms with E-state index in [-0.39, 0.29) is 30.4 Å². The number of unbranched alkanes of at least 4 members (excludes halogenated alkanes) is 1. The van der Waals surface area contributed by atoms with Gasteiger partial charge in [-0.05, 0) is 44.2 Å². The van der Waals surface area contributed by atoms with Gasteiger partial charge in [-0.25, -0.2) is 0 Å². The van der Waals surface area contributed by atoms with E-state index < -0.39 is 13.2 Å². The van der Waals surface area contributed by atoms with Gasteiger partial charge in [0.2, 0.25) is 5.91 Å². The van der Waals surface area contributed by atoms with E-state index in [1.165, 1.54) is 0 Å². The Labute approximate surface area is 181 Å². The van der Waals surface area contributed by atoms with E-state index in [2.05, 4.69) is 5.32 Å². The van der Waals surface area contributed by atoms with Crippen molar-refractivity contribution >= 4 is 19.1 Å². The van der Waals surface area contributed by atoms with Crippen LogP contribution in [0.15, 0.2) is 30.3 Å². The van der Waals surface area contributed by atoms with E-state index in [9.17, 15) is 14.2 Å². The monoisotopic (exact) mass is 439 g/mol. The molecule has 0 radical (unpaired) electrons. The van der Waals surface area contributed by atoms with Gasteiger partial charge in [0.1, 0.15) is 17.3 Å². The van der Waals surface area contributed by atoms with Gasteiger partial charge in [-0.15, -0.1) is 0 Å². The van der Waals surface area contributed by atoms with Crippen LogP contribution in [0, 0.1) is 5.92 Å². The van der Waals surface area contributed by atoms with Crippen LogP contribution in [0.4, 0.5) is 0 Å². The van der Waals surface area contributed by atoms with E-state index in [1.807, 2.05) is 45.9 Å². The molecule has 0 bridgehead atoms. The first-order valence-corrected chi connectivity index (χ1v) is 12.9. The second-order valence-electron chi connectivity index (χ2n) is 7.80. The third-order valence-electron chi connectivity index (χ3n) is 4.73. The van der Waals surface area contributed by atoms with Crippen LogP contribution in [0.25, 0.3) is 0 Å². The zero-order valence-electron chi connectivity index (χ0n) is 18.9. The number of carbonyl (C=O) groups is 2. The molecule has 0 unspecified atom stereocenters. The highest BCUT2D eigenvalue weighted by Crippen LogP contribution is 2.53. The fraction of sp³-hybridized carbons (Fsp3) is 0.652. The van der Waals surface area contributed by atoms with Crippen molar-refractivity contribution in [2.75, 3.05) is 19.4 Å². The predicted octanol–water partition coefficient (Wildman–Crippen LogP) is 5.41. The second kappa shape index (κ2) is 14.4. The minimum atomic E-state index is -3.17. The summed E-state index contributed by atoms with van der Waals surface area (Å²) in [5.41, 5.74) is 0. The number of benzene rings is 1. The highest BCUT2D eigenvalue weighted by molar-refractivity contribution is 7.60. The standard InChI is InChI=1S/C23H38NO5P/c1-5-18-30(27,29-21-13-8-7-9-14-21)23(19(3)4)24-22(26)16-15-20(25)12-10-11-17-28-6-2/h7-9,13-14,19,23H,5-6,10-12,15-18H2,1-4H3,(H,24,26)/t23-,30-/m1/s1. The van der Waals surface area contributed by atoms with Crippen molar-refractivity contribution in [3.05, 3.63) is 30.3 Å². The Bertz CT molecular complexity index is 677. The molecule has 0 aromatic heterocycles. The molecule has 1 aromatic rings. The van der Waals surface area contributed by atoms with Crippen molar-refractivity contribution in [3.8, 4) is 5.75 Å². The number of ether oxygens (including phenoxy) is 1. The van der Waals surface area contributed by atoms with E-state index in [4.69, 9.17) is 9.26 Å². The van der Waals surface area contributed by atoms with Crippen molar-refractivity contribution in [1.82, 2.24) is 5.32 Å². The highest BCUT2D eigenvalue weighted by Gasteiger charge is 2.38. The van der Waals surface area contributed by atoms with Crippen LogP contribution in [-0.2, 0) is 18.9 Å². The molecule has 0 aliphatic heterocycles. The molecule has 0 heterocycles. The number of rotatable bonds is 16. The summed E-state index contributed by atoms with van der Waals surface area (Å²) in [6.45, 7) is 9.08. The summed E-state index contributed by atoms with van der Waals surface area (Å²) in [5.74, 6) is -0.309. The number of hydrogen-bond acceptors (Lipinski definition) is 5. The van der Waals surface area contributed by atoms with Crippen LogP contribution in [-0.4, -0.2) is 36.8 Å². The number of para-hydroxylation sites is 1. The van der Waals surface area contributed by atoms with Gasteiger partial charge in [-0.1, -0.05) is 39.0 Å². The molecule has 1 N–H and O–H groups in total. The molecule has 0 spiro atoms. The van der Waals surface area contributed by atoms with Crippen LogP contribution >= 0.6 is 7.37 Å². The number of ketones is 1. The smallest absolute Gasteiger partial charge is 0.269 e. The first-order valence-electron chi connectivity index (χ1n) is 11.0. The molecule has 6 nitrogen and oxygen atoms in total. The summed E-state index contributed by atoms with van der Waals surface area (Å²) < 4.78 is 24.9. The molecule has 0 saturated carbocycles. The number of Topliss-reactive ketones (excluding diaryl/α,β-unsaturated/α-hetero) is 1. The molecule has 1 rings (SSSR count). The maximum Gasteiger partial charge on any atom is 0.269 e. The fourth-order valence-corrected chi connectivity index (χ4v) is 6.05. The number of nitrogens with one attached hydrogen (secondary N) is 1. The normalized spacial score (nSPS) is 14.2. The lowest BCUT2D eigenvalue weighted by molar-refractivity contribution is -0.125. The summed E-state index contributed by atoms with van der Waals surface area (Å²) in [7, 11) is -3.17. The maximum absolute atomic E-state index is 13.7. The maximum atomic E-state index is 13.7. The summed E-state index contributed by atoms with van der Waals surface area (Å²) in [6, 6.07) is 9.06. The lowest BCUT2D eigenvalue weighted by Gasteiger charge is -2.31. The molecule has 1 amide bonds. The predicted molar refractivity (Wildman–Crippen MR) is 121 cm³/mol. The Hall–Kier alpha value is -1.65. The minimum absolute atomic E-state index is 0.0655. The largest absolute Gasteiger partial charge is 0.441 e. The summed E-state index contributed by atoms with van der Waals surface area (Å²) in [6.07, 6.45) is 3.43. The molecule has 0 fully saturated rings. The van der Waals surface area contributed by atoms with Crippen LogP contribution in [0.3, 0.4) is 0 Å². The van der Waals surface area contributed by atoms with E-state index in [0.29, 0.717) is 38.0 Å². The van der Waals surface area contributed by atoms with Crippen molar-refractivity contribution in [3.63, 3.8) is 0 Å². The number of amides is 1. The summed E-state index contributed by atoms with van der Waals surface area (Å²) >= 11 is 0. The van der Waals surface area contributed by atoms with Crippen molar-refractivity contribution in [2.24, 2.45) is 5.92 Å². The summed E-state index contributed by atoms with van der Waals surface area (Å²) in [5, 5.41) is 2.90.